The topological polar surface area (TPSA) is 85.1 Å². The molecule has 1 fully saturated rings. The Labute approximate surface area is 126 Å². The van der Waals surface area contributed by atoms with Crippen LogP contribution in [0.5, 0.6) is 0 Å². The lowest BCUT2D eigenvalue weighted by Crippen LogP contribution is -2.24. The third kappa shape index (κ3) is 4.74. The van der Waals surface area contributed by atoms with E-state index in [1.807, 2.05) is 6.92 Å². The van der Waals surface area contributed by atoms with Crippen molar-refractivity contribution in [3.8, 4) is 0 Å². The molecule has 2 rings (SSSR count). The molecule has 0 bridgehead atoms. The van der Waals surface area contributed by atoms with Crippen LogP contribution in [0, 0.1) is 0 Å². The molecule has 1 atom stereocenters. The van der Waals surface area contributed by atoms with E-state index in [0.29, 0.717) is 24.2 Å². The molecule has 1 aromatic rings. The summed E-state index contributed by atoms with van der Waals surface area (Å²) in [5.41, 5.74) is 6.78. The average Bonchev–Trinajstić information content (AvgIpc) is 2.72. The lowest BCUT2D eigenvalue weighted by Gasteiger charge is -2.20. The highest BCUT2D eigenvalue weighted by Gasteiger charge is 2.16. The minimum atomic E-state index is 0.151. The van der Waals surface area contributed by atoms with E-state index in [0.717, 1.165) is 5.82 Å². The van der Waals surface area contributed by atoms with Crippen LogP contribution < -0.4 is 16.4 Å². The van der Waals surface area contributed by atoms with Crippen LogP contribution in [0.4, 0.5) is 17.3 Å². The zero-order valence-corrected chi connectivity index (χ0v) is 13.1. The fraction of sp³-hybridized carbons (Fsp3) is 0.733. The summed E-state index contributed by atoms with van der Waals surface area (Å²) in [5.74, 6) is 1.41. The molecular weight excluding hydrogens is 266 g/mol. The van der Waals surface area contributed by atoms with Crippen molar-refractivity contribution in [3.63, 3.8) is 0 Å². The van der Waals surface area contributed by atoms with E-state index in [1.165, 1.54) is 38.5 Å². The van der Waals surface area contributed by atoms with Crippen LogP contribution >= 0.6 is 0 Å². The first kappa shape index (κ1) is 15.8. The Morgan fingerprint density at radius 2 is 1.90 bits per heavy atom. The highest BCUT2D eigenvalue weighted by molar-refractivity contribution is 5.74. The molecule has 0 spiro atoms. The third-order valence-electron chi connectivity index (χ3n) is 3.88. The number of anilines is 3. The van der Waals surface area contributed by atoms with Gasteiger partial charge in [-0.2, -0.15) is 0 Å². The molecule has 1 saturated carbocycles. The number of aromatic nitrogens is 2. The van der Waals surface area contributed by atoms with Crippen LogP contribution in [0.1, 0.15) is 45.4 Å². The molecule has 1 aliphatic rings. The molecule has 1 unspecified atom stereocenters. The first-order valence-electron chi connectivity index (χ1n) is 7.83. The van der Waals surface area contributed by atoms with Crippen LogP contribution in [0.3, 0.4) is 0 Å². The lowest BCUT2D eigenvalue weighted by molar-refractivity contribution is 0.190. The fourth-order valence-electron chi connectivity index (χ4n) is 2.77. The SMILES string of the molecule is COCC(C)Nc1ncnc(NC2CCCCCC2)c1N. The van der Waals surface area contributed by atoms with Crippen molar-refractivity contribution >= 4 is 17.3 Å². The summed E-state index contributed by atoms with van der Waals surface area (Å²) in [4.78, 5) is 8.53. The summed E-state index contributed by atoms with van der Waals surface area (Å²) < 4.78 is 5.12. The minimum absolute atomic E-state index is 0.151. The number of hydrogen-bond donors (Lipinski definition) is 3. The summed E-state index contributed by atoms with van der Waals surface area (Å²) in [6, 6.07) is 0.617. The van der Waals surface area contributed by atoms with E-state index < -0.39 is 0 Å². The average molecular weight is 293 g/mol. The van der Waals surface area contributed by atoms with Crippen LogP contribution in [-0.4, -0.2) is 35.8 Å². The maximum atomic E-state index is 6.19. The fourth-order valence-corrected chi connectivity index (χ4v) is 2.77. The van der Waals surface area contributed by atoms with Crippen LogP contribution in [-0.2, 0) is 4.74 Å². The molecule has 1 aliphatic carbocycles. The van der Waals surface area contributed by atoms with Gasteiger partial charge in [0.1, 0.15) is 12.0 Å². The van der Waals surface area contributed by atoms with E-state index >= 15 is 0 Å². The predicted molar refractivity (Wildman–Crippen MR) is 86.5 cm³/mol. The smallest absolute Gasteiger partial charge is 0.155 e. The van der Waals surface area contributed by atoms with E-state index in [4.69, 9.17) is 10.5 Å². The maximum Gasteiger partial charge on any atom is 0.155 e. The molecule has 6 heteroatoms. The highest BCUT2D eigenvalue weighted by Crippen LogP contribution is 2.26. The second-order valence-corrected chi connectivity index (χ2v) is 5.82. The molecule has 0 radical (unpaired) electrons. The molecule has 6 nitrogen and oxygen atoms in total. The first-order chi connectivity index (χ1) is 10.2. The van der Waals surface area contributed by atoms with Gasteiger partial charge in [0.15, 0.2) is 11.6 Å². The highest BCUT2D eigenvalue weighted by atomic mass is 16.5. The first-order valence-corrected chi connectivity index (χ1v) is 7.83. The van der Waals surface area contributed by atoms with Gasteiger partial charge in [0, 0.05) is 19.2 Å². The number of nitrogen functional groups attached to an aromatic ring is 1. The third-order valence-corrected chi connectivity index (χ3v) is 3.88. The lowest BCUT2D eigenvalue weighted by atomic mass is 10.1. The number of nitrogens with two attached hydrogens (primary N) is 1. The minimum Gasteiger partial charge on any atom is -0.393 e. The predicted octanol–water partition coefficient (Wildman–Crippen LogP) is 2.64. The van der Waals surface area contributed by atoms with Gasteiger partial charge in [-0.25, -0.2) is 9.97 Å². The Morgan fingerprint density at radius 3 is 2.57 bits per heavy atom. The molecule has 0 saturated heterocycles. The molecule has 1 heterocycles. The zero-order chi connectivity index (χ0) is 15.1. The van der Waals surface area contributed by atoms with Gasteiger partial charge in [-0.15, -0.1) is 0 Å². The van der Waals surface area contributed by atoms with Crippen molar-refractivity contribution < 1.29 is 4.74 Å². The summed E-state index contributed by atoms with van der Waals surface area (Å²) in [7, 11) is 1.68. The van der Waals surface area contributed by atoms with Crippen molar-refractivity contribution in [2.45, 2.75) is 57.5 Å². The van der Waals surface area contributed by atoms with E-state index in [1.54, 1.807) is 13.4 Å². The van der Waals surface area contributed by atoms with Crippen molar-refractivity contribution in [2.75, 3.05) is 30.1 Å². The standard InChI is InChI=1S/C15H27N5O/c1-11(9-21-2)19-14-13(16)15(18-10-17-14)20-12-7-5-3-4-6-8-12/h10-12H,3-9,16H2,1-2H3,(H2,17,18,19,20). The van der Waals surface area contributed by atoms with Crippen molar-refractivity contribution in [1.29, 1.82) is 0 Å². The van der Waals surface area contributed by atoms with Crippen LogP contribution in [0.2, 0.25) is 0 Å². The van der Waals surface area contributed by atoms with Gasteiger partial charge in [0.25, 0.3) is 0 Å². The Morgan fingerprint density at radius 1 is 1.24 bits per heavy atom. The van der Waals surface area contributed by atoms with Gasteiger partial charge in [0.2, 0.25) is 0 Å². The Balaban J connectivity index is 2.02. The molecule has 118 valence electrons. The summed E-state index contributed by atoms with van der Waals surface area (Å²) in [6.07, 6.45) is 9.14. The van der Waals surface area contributed by atoms with Crippen LogP contribution in [0.15, 0.2) is 6.33 Å². The van der Waals surface area contributed by atoms with Gasteiger partial charge in [-0.05, 0) is 19.8 Å². The maximum absolute atomic E-state index is 6.19. The molecule has 0 aliphatic heterocycles. The van der Waals surface area contributed by atoms with Gasteiger partial charge < -0.3 is 21.1 Å². The Kier molecular flexibility index (Phi) is 6.04. The van der Waals surface area contributed by atoms with Crippen molar-refractivity contribution in [1.82, 2.24) is 9.97 Å². The number of nitrogens with zero attached hydrogens (tertiary/aromatic N) is 2. The zero-order valence-electron chi connectivity index (χ0n) is 13.1. The number of hydrogen-bond acceptors (Lipinski definition) is 6. The quantitative estimate of drug-likeness (QED) is 0.699. The monoisotopic (exact) mass is 293 g/mol. The number of ether oxygens (including phenoxy) is 1. The van der Waals surface area contributed by atoms with E-state index in [9.17, 15) is 0 Å². The molecular formula is C15H27N5O. The number of methoxy groups -OCH3 is 1. The van der Waals surface area contributed by atoms with Crippen molar-refractivity contribution in [2.24, 2.45) is 0 Å². The largest absolute Gasteiger partial charge is 0.393 e. The van der Waals surface area contributed by atoms with E-state index in [-0.39, 0.29) is 6.04 Å². The molecule has 0 aromatic carbocycles. The molecule has 0 amide bonds. The number of rotatable bonds is 6. The van der Waals surface area contributed by atoms with Gasteiger partial charge in [0.05, 0.1) is 6.61 Å². The van der Waals surface area contributed by atoms with Crippen molar-refractivity contribution in [3.05, 3.63) is 6.33 Å². The number of nitrogens with one attached hydrogen (secondary N) is 2. The molecule has 4 N–H and O–H groups in total. The molecule has 1 aromatic heterocycles. The van der Waals surface area contributed by atoms with Gasteiger partial charge in [-0.1, -0.05) is 25.7 Å². The van der Waals surface area contributed by atoms with Gasteiger partial charge >= 0.3 is 0 Å². The normalized spacial score (nSPS) is 18.0. The second kappa shape index (κ2) is 8.02. The molecule has 21 heavy (non-hydrogen) atoms. The van der Waals surface area contributed by atoms with E-state index in [2.05, 4.69) is 20.6 Å². The van der Waals surface area contributed by atoms with Gasteiger partial charge in [-0.3, -0.25) is 0 Å². The summed E-state index contributed by atoms with van der Waals surface area (Å²) in [6.45, 7) is 2.64. The summed E-state index contributed by atoms with van der Waals surface area (Å²) >= 11 is 0. The van der Waals surface area contributed by atoms with Crippen LogP contribution in [0.25, 0.3) is 0 Å². The Hall–Kier alpha value is -1.56. The summed E-state index contributed by atoms with van der Waals surface area (Å²) in [5, 5.41) is 6.75. The second-order valence-electron chi connectivity index (χ2n) is 5.82. The Bertz CT molecular complexity index is 432.